The van der Waals surface area contributed by atoms with E-state index in [9.17, 15) is 0 Å². The highest BCUT2D eigenvalue weighted by Gasteiger charge is 2.04. The molecule has 3 nitrogen and oxygen atoms in total. The van der Waals surface area contributed by atoms with E-state index in [2.05, 4.69) is 35.4 Å². The van der Waals surface area contributed by atoms with Gasteiger partial charge in [-0.2, -0.15) is 0 Å². The van der Waals surface area contributed by atoms with Gasteiger partial charge < -0.3 is 10.1 Å². The van der Waals surface area contributed by atoms with Crippen LogP contribution < -0.4 is 5.73 Å². The Kier molecular flexibility index (Phi) is 3.76. The van der Waals surface area contributed by atoms with Crippen molar-refractivity contribution in [1.82, 2.24) is 9.38 Å². The van der Waals surface area contributed by atoms with Crippen LogP contribution in [-0.4, -0.2) is 9.38 Å². The molecule has 2 heterocycles. The number of nitrogens with two attached hydrogens (primary N) is 1. The standard InChI is InChI=1S/C16H17N3S/c1-12(17)13-5-4-6-15(9-13)20-11-14-10-19-8-3-2-7-16(19)18-14/h2-10,12H,11,17H2,1H3. The van der Waals surface area contributed by atoms with Crippen molar-refractivity contribution in [3.8, 4) is 0 Å². The molecular weight excluding hydrogens is 266 g/mol. The van der Waals surface area contributed by atoms with Crippen molar-refractivity contribution < 1.29 is 0 Å². The minimum Gasteiger partial charge on any atom is -0.324 e. The van der Waals surface area contributed by atoms with Crippen LogP contribution in [0.2, 0.25) is 0 Å². The first kappa shape index (κ1) is 13.2. The third-order valence-corrected chi connectivity index (χ3v) is 4.21. The Morgan fingerprint density at radius 1 is 1.25 bits per heavy atom. The minimum absolute atomic E-state index is 0.0748. The van der Waals surface area contributed by atoms with Crippen LogP contribution in [0.3, 0.4) is 0 Å². The lowest BCUT2D eigenvalue weighted by molar-refractivity contribution is 0.815. The predicted molar refractivity (Wildman–Crippen MR) is 83.8 cm³/mol. The smallest absolute Gasteiger partial charge is 0.137 e. The monoisotopic (exact) mass is 283 g/mol. The number of pyridine rings is 1. The van der Waals surface area contributed by atoms with Gasteiger partial charge in [0.1, 0.15) is 5.65 Å². The molecule has 0 saturated carbocycles. The van der Waals surface area contributed by atoms with E-state index in [1.165, 1.54) is 10.5 Å². The van der Waals surface area contributed by atoms with Crippen LogP contribution in [0.5, 0.6) is 0 Å². The maximum atomic E-state index is 5.92. The molecule has 0 aliphatic rings. The summed E-state index contributed by atoms with van der Waals surface area (Å²) < 4.78 is 2.05. The predicted octanol–water partition coefficient (Wildman–Crippen LogP) is 3.65. The van der Waals surface area contributed by atoms with Gasteiger partial charge in [-0.15, -0.1) is 11.8 Å². The molecule has 0 bridgehead atoms. The number of fused-ring (bicyclic) bond motifs is 1. The summed E-state index contributed by atoms with van der Waals surface area (Å²) in [5.74, 6) is 0.865. The van der Waals surface area contributed by atoms with Crippen molar-refractivity contribution in [2.45, 2.75) is 23.6 Å². The SMILES string of the molecule is CC(N)c1cccc(SCc2cn3ccccc3n2)c1. The first-order valence-electron chi connectivity index (χ1n) is 6.63. The van der Waals surface area contributed by atoms with Crippen LogP contribution in [-0.2, 0) is 5.75 Å². The average Bonchev–Trinajstić information content (AvgIpc) is 2.88. The van der Waals surface area contributed by atoms with Gasteiger partial charge >= 0.3 is 0 Å². The Morgan fingerprint density at radius 2 is 2.15 bits per heavy atom. The van der Waals surface area contributed by atoms with Gasteiger partial charge in [0.25, 0.3) is 0 Å². The van der Waals surface area contributed by atoms with Crippen LogP contribution in [0.25, 0.3) is 5.65 Å². The second-order valence-electron chi connectivity index (χ2n) is 4.85. The van der Waals surface area contributed by atoms with E-state index in [1.807, 2.05) is 35.7 Å². The molecule has 0 spiro atoms. The molecule has 0 fully saturated rings. The van der Waals surface area contributed by atoms with Crippen LogP contribution in [0, 0.1) is 0 Å². The van der Waals surface area contributed by atoms with Crippen molar-refractivity contribution in [2.24, 2.45) is 5.73 Å². The van der Waals surface area contributed by atoms with Gasteiger partial charge in [0, 0.05) is 29.1 Å². The third-order valence-electron chi connectivity index (χ3n) is 3.18. The lowest BCUT2D eigenvalue weighted by atomic mass is 10.1. The van der Waals surface area contributed by atoms with Gasteiger partial charge in [0.2, 0.25) is 0 Å². The molecule has 0 aliphatic heterocycles. The first-order valence-corrected chi connectivity index (χ1v) is 7.62. The van der Waals surface area contributed by atoms with Gasteiger partial charge in [-0.25, -0.2) is 4.98 Å². The molecule has 3 aromatic rings. The molecule has 0 radical (unpaired) electrons. The Morgan fingerprint density at radius 3 is 2.95 bits per heavy atom. The van der Waals surface area contributed by atoms with Gasteiger partial charge in [0.05, 0.1) is 5.69 Å². The zero-order valence-corrected chi connectivity index (χ0v) is 12.2. The fourth-order valence-corrected chi connectivity index (χ4v) is 2.95. The highest BCUT2D eigenvalue weighted by atomic mass is 32.2. The second-order valence-corrected chi connectivity index (χ2v) is 5.90. The van der Waals surface area contributed by atoms with E-state index in [0.29, 0.717) is 0 Å². The van der Waals surface area contributed by atoms with Crippen LogP contribution in [0.4, 0.5) is 0 Å². The van der Waals surface area contributed by atoms with Crippen molar-refractivity contribution in [1.29, 1.82) is 0 Å². The number of benzene rings is 1. The largest absolute Gasteiger partial charge is 0.324 e. The molecular formula is C16H17N3S. The molecule has 4 heteroatoms. The van der Waals surface area contributed by atoms with E-state index >= 15 is 0 Å². The molecule has 2 aromatic heterocycles. The van der Waals surface area contributed by atoms with Gasteiger partial charge in [-0.3, -0.25) is 0 Å². The summed E-state index contributed by atoms with van der Waals surface area (Å²) in [6.45, 7) is 2.01. The summed E-state index contributed by atoms with van der Waals surface area (Å²) in [4.78, 5) is 5.84. The number of hydrogen-bond donors (Lipinski definition) is 1. The number of nitrogens with zero attached hydrogens (tertiary/aromatic N) is 2. The Balaban J connectivity index is 1.74. The molecule has 2 N–H and O–H groups in total. The molecule has 0 amide bonds. The number of imidazole rings is 1. The van der Waals surface area contributed by atoms with Crippen molar-refractivity contribution in [2.75, 3.05) is 0 Å². The molecule has 0 saturated heterocycles. The quantitative estimate of drug-likeness (QED) is 0.743. The minimum atomic E-state index is 0.0748. The van der Waals surface area contributed by atoms with Crippen molar-refractivity contribution in [3.05, 3.63) is 66.1 Å². The Labute approximate surface area is 122 Å². The normalized spacial score (nSPS) is 12.7. The topological polar surface area (TPSA) is 43.3 Å². The van der Waals surface area contributed by atoms with Gasteiger partial charge in [0.15, 0.2) is 0 Å². The summed E-state index contributed by atoms with van der Waals surface area (Å²) >= 11 is 1.79. The summed E-state index contributed by atoms with van der Waals surface area (Å²) in [5, 5.41) is 0. The maximum Gasteiger partial charge on any atom is 0.137 e. The van der Waals surface area contributed by atoms with E-state index < -0.39 is 0 Å². The van der Waals surface area contributed by atoms with Gasteiger partial charge in [-0.05, 0) is 36.8 Å². The Hall–Kier alpha value is -1.78. The summed E-state index contributed by atoms with van der Waals surface area (Å²) in [7, 11) is 0. The van der Waals surface area contributed by atoms with Crippen molar-refractivity contribution >= 4 is 17.4 Å². The van der Waals surface area contributed by atoms with Crippen LogP contribution in [0.15, 0.2) is 59.8 Å². The van der Waals surface area contributed by atoms with Crippen LogP contribution >= 0.6 is 11.8 Å². The second kappa shape index (κ2) is 5.69. The Bertz CT molecular complexity index is 685. The first-order chi connectivity index (χ1) is 9.72. The lowest BCUT2D eigenvalue weighted by Gasteiger charge is -2.07. The molecule has 1 unspecified atom stereocenters. The zero-order chi connectivity index (χ0) is 13.9. The summed E-state index contributed by atoms with van der Waals surface area (Å²) in [6.07, 6.45) is 4.10. The number of rotatable bonds is 4. The van der Waals surface area contributed by atoms with E-state index in [-0.39, 0.29) is 6.04 Å². The summed E-state index contributed by atoms with van der Waals surface area (Å²) in [6, 6.07) is 14.5. The molecule has 102 valence electrons. The zero-order valence-electron chi connectivity index (χ0n) is 11.4. The highest BCUT2D eigenvalue weighted by molar-refractivity contribution is 7.98. The average molecular weight is 283 g/mol. The van der Waals surface area contributed by atoms with E-state index in [4.69, 9.17) is 5.73 Å². The number of aromatic nitrogens is 2. The molecule has 0 aliphatic carbocycles. The highest BCUT2D eigenvalue weighted by Crippen LogP contribution is 2.25. The molecule has 3 rings (SSSR count). The lowest BCUT2D eigenvalue weighted by Crippen LogP contribution is -2.04. The van der Waals surface area contributed by atoms with Gasteiger partial charge in [-0.1, -0.05) is 18.2 Å². The number of hydrogen-bond acceptors (Lipinski definition) is 3. The fourth-order valence-electron chi connectivity index (χ4n) is 2.10. The van der Waals surface area contributed by atoms with Crippen molar-refractivity contribution in [3.63, 3.8) is 0 Å². The molecule has 20 heavy (non-hydrogen) atoms. The molecule has 1 atom stereocenters. The number of thioether (sulfide) groups is 1. The van der Waals surface area contributed by atoms with Crippen LogP contribution in [0.1, 0.15) is 24.2 Å². The maximum absolute atomic E-state index is 5.92. The molecule has 1 aromatic carbocycles. The summed E-state index contributed by atoms with van der Waals surface area (Å²) in [5.41, 5.74) is 9.17. The third kappa shape index (κ3) is 2.86. The fraction of sp³-hybridized carbons (Fsp3) is 0.188. The van der Waals surface area contributed by atoms with E-state index in [1.54, 1.807) is 11.8 Å². The van der Waals surface area contributed by atoms with E-state index in [0.717, 1.165) is 17.1 Å².